The molecule has 3 aromatic carbocycles. The van der Waals surface area contributed by atoms with E-state index in [0.29, 0.717) is 175 Å². The molecule has 1 aliphatic carbocycles. The third-order valence-corrected chi connectivity index (χ3v) is 17.9. The second kappa shape index (κ2) is 39.6. The molecular formula is C73H92FN9O20. The van der Waals surface area contributed by atoms with Crippen molar-refractivity contribution in [2.75, 3.05) is 131 Å². The number of amides is 7. The van der Waals surface area contributed by atoms with Gasteiger partial charge in [0.25, 0.3) is 17.4 Å². The van der Waals surface area contributed by atoms with Crippen molar-refractivity contribution in [3.8, 4) is 11.4 Å². The van der Waals surface area contributed by atoms with Crippen molar-refractivity contribution < 1.29 is 95.2 Å². The Labute approximate surface area is 595 Å². The summed E-state index contributed by atoms with van der Waals surface area (Å²) in [6.45, 7) is 8.94. The van der Waals surface area contributed by atoms with Gasteiger partial charge in [0, 0.05) is 72.8 Å². The van der Waals surface area contributed by atoms with Gasteiger partial charge in [-0.1, -0.05) is 49.4 Å². The highest BCUT2D eigenvalue weighted by atomic mass is 19.1. The molecule has 0 spiro atoms. The van der Waals surface area contributed by atoms with Crippen LogP contribution in [-0.4, -0.2) is 204 Å². The number of nitrogens with one attached hydrogen (secondary N) is 5. The van der Waals surface area contributed by atoms with Crippen molar-refractivity contribution in [3.05, 3.63) is 140 Å². The lowest BCUT2D eigenvalue weighted by atomic mass is 9.81. The SMILES string of the molecule is CC[C@@]1(O)C(=O)OCc2c1cc1n(c2=O)Cc2c-1nc1cc(F)c(C)c3c1c2[C@@H](NC(=O)OCc1ccc(NC(=O)[C@H](CCCCN)NC(=O)[C@H](Cc2ccccc2)NC(=O)CCOCCOCCOCCOCCOCCOCCOCCOCCNC(=O)CCN2C(=O)C=CC2=O)cc1)CC3. The van der Waals surface area contributed by atoms with Gasteiger partial charge in [-0.05, 0) is 98.0 Å². The topological polar surface area (TPSA) is 373 Å². The number of fused-ring (bicyclic) bond motifs is 5. The summed E-state index contributed by atoms with van der Waals surface area (Å²) in [5.41, 5.74) is 8.95. The van der Waals surface area contributed by atoms with Gasteiger partial charge in [-0.15, -0.1) is 0 Å². The second-order valence-electron chi connectivity index (χ2n) is 24.9. The van der Waals surface area contributed by atoms with Gasteiger partial charge in [-0.2, -0.15) is 0 Å². The summed E-state index contributed by atoms with van der Waals surface area (Å²) < 4.78 is 72.3. The van der Waals surface area contributed by atoms with Gasteiger partial charge in [0.2, 0.25) is 23.6 Å². The van der Waals surface area contributed by atoms with Crippen LogP contribution in [0.1, 0.15) is 102 Å². The Morgan fingerprint density at radius 1 is 0.709 bits per heavy atom. The Morgan fingerprint density at radius 3 is 1.93 bits per heavy atom. The number of nitrogens with two attached hydrogens (primary N) is 1. The van der Waals surface area contributed by atoms with E-state index in [9.17, 15) is 48.3 Å². The Kier molecular flexibility index (Phi) is 30.1. The number of imide groups is 1. The number of carbonyl (C=O) groups is 8. The van der Waals surface area contributed by atoms with Crippen molar-refractivity contribution in [3.63, 3.8) is 0 Å². The van der Waals surface area contributed by atoms with Crippen molar-refractivity contribution in [2.24, 2.45) is 5.73 Å². The molecule has 29 nitrogen and oxygen atoms in total. The van der Waals surface area contributed by atoms with Crippen LogP contribution >= 0.6 is 0 Å². The summed E-state index contributed by atoms with van der Waals surface area (Å²) in [6.07, 6.45) is 3.87. The average Bonchev–Trinajstić information content (AvgIpc) is 1.60. The minimum absolute atomic E-state index is 0.0222. The number of nitrogens with zero attached hydrogens (tertiary/aromatic N) is 3. The van der Waals surface area contributed by atoms with Gasteiger partial charge in [0.1, 0.15) is 31.1 Å². The van der Waals surface area contributed by atoms with E-state index in [-0.39, 0.29) is 95.3 Å². The molecule has 0 fully saturated rings. The zero-order chi connectivity index (χ0) is 73.1. The van der Waals surface area contributed by atoms with Crippen LogP contribution in [0.5, 0.6) is 0 Å². The van der Waals surface area contributed by atoms with Crippen LogP contribution < -0.4 is 37.9 Å². The summed E-state index contributed by atoms with van der Waals surface area (Å²) in [5.74, 6) is -3.91. The van der Waals surface area contributed by atoms with E-state index in [1.54, 1.807) is 44.2 Å². The van der Waals surface area contributed by atoms with E-state index < -0.39 is 76.7 Å². The molecule has 0 radical (unpaired) electrons. The van der Waals surface area contributed by atoms with E-state index in [1.807, 2.05) is 30.3 Å². The van der Waals surface area contributed by atoms with Crippen LogP contribution in [-0.2, 0) is 119 Å². The smallest absolute Gasteiger partial charge is 0.407 e. The van der Waals surface area contributed by atoms with Gasteiger partial charge in [-0.3, -0.25) is 38.5 Å². The van der Waals surface area contributed by atoms with Gasteiger partial charge in [0.15, 0.2) is 5.60 Å². The zero-order valence-corrected chi connectivity index (χ0v) is 58.2. The molecule has 2 aromatic heterocycles. The number of cyclic esters (lactones) is 1. The quantitative estimate of drug-likeness (QED) is 0.0163. The lowest BCUT2D eigenvalue weighted by Crippen LogP contribution is -2.53. The number of aromatic nitrogens is 2. The molecule has 0 saturated heterocycles. The molecule has 0 saturated carbocycles. The first-order chi connectivity index (χ1) is 50.0. The molecule has 3 aliphatic heterocycles. The van der Waals surface area contributed by atoms with E-state index in [2.05, 4.69) is 26.6 Å². The number of benzene rings is 3. The number of pyridine rings is 2. The molecule has 4 aliphatic rings. The van der Waals surface area contributed by atoms with E-state index >= 15 is 4.39 Å². The monoisotopic (exact) mass is 1430 g/mol. The number of hydrogen-bond acceptors (Lipinski definition) is 22. The van der Waals surface area contributed by atoms with Crippen LogP contribution in [0.2, 0.25) is 0 Å². The Balaban J connectivity index is 0.633. The molecule has 8 N–H and O–H groups in total. The van der Waals surface area contributed by atoms with E-state index in [1.165, 1.54) is 22.8 Å². The summed E-state index contributed by atoms with van der Waals surface area (Å²) in [7, 11) is 0. The van der Waals surface area contributed by atoms with Gasteiger partial charge in [-0.25, -0.2) is 19.0 Å². The molecule has 4 atom stereocenters. The van der Waals surface area contributed by atoms with Crippen molar-refractivity contribution in [1.29, 1.82) is 0 Å². The fraction of sp³-hybridized carbons (Fsp3) is 0.507. The maximum atomic E-state index is 15.5. The van der Waals surface area contributed by atoms with E-state index in [4.69, 9.17) is 58.1 Å². The van der Waals surface area contributed by atoms with Gasteiger partial charge < -0.3 is 89.4 Å². The number of alkyl carbamates (subject to hydrolysis) is 1. The zero-order valence-electron chi connectivity index (χ0n) is 58.2. The summed E-state index contributed by atoms with van der Waals surface area (Å²) >= 11 is 0. The number of aliphatic hydroxyl groups is 1. The molecule has 9 rings (SSSR count). The fourth-order valence-electron chi connectivity index (χ4n) is 12.3. The molecule has 5 aromatic rings. The highest BCUT2D eigenvalue weighted by Crippen LogP contribution is 2.46. The Hall–Kier alpha value is -8.95. The van der Waals surface area contributed by atoms with Crippen LogP contribution in [0, 0.1) is 12.7 Å². The maximum Gasteiger partial charge on any atom is 0.407 e. The third kappa shape index (κ3) is 21.8. The molecule has 0 bridgehead atoms. The summed E-state index contributed by atoms with van der Waals surface area (Å²) in [5, 5.41) is 26.4. The maximum absolute atomic E-state index is 15.5. The lowest BCUT2D eigenvalue weighted by Gasteiger charge is -2.31. The third-order valence-electron chi connectivity index (χ3n) is 17.9. The number of esters is 1. The average molecular weight is 1430 g/mol. The molecule has 0 unspecified atom stereocenters. The highest BCUT2D eigenvalue weighted by molar-refractivity contribution is 6.13. The molecule has 5 heterocycles. The molecule has 30 heteroatoms. The van der Waals surface area contributed by atoms with E-state index in [0.717, 1.165) is 16.0 Å². The number of aryl methyl sites for hydroxylation is 1. The van der Waals surface area contributed by atoms with Crippen molar-refractivity contribution in [2.45, 2.75) is 115 Å². The van der Waals surface area contributed by atoms with Crippen LogP contribution in [0.4, 0.5) is 14.9 Å². The minimum atomic E-state index is -2.05. The first-order valence-electron chi connectivity index (χ1n) is 34.9. The number of hydrogen-bond donors (Lipinski definition) is 7. The molecular weight excluding hydrogens is 1340 g/mol. The Bertz CT molecular complexity index is 3840. The van der Waals surface area contributed by atoms with Gasteiger partial charge >= 0.3 is 12.1 Å². The number of halogens is 1. The first kappa shape index (κ1) is 78.2. The number of rotatable bonds is 45. The fourth-order valence-corrected chi connectivity index (χ4v) is 12.3. The van der Waals surface area contributed by atoms with Crippen molar-refractivity contribution >= 4 is 64.1 Å². The summed E-state index contributed by atoms with van der Waals surface area (Å²) in [6, 6.07) is 16.1. The minimum Gasteiger partial charge on any atom is -0.458 e. The predicted octanol–water partition coefficient (Wildman–Crippen LogP) is 3.67. The largest absolute Gasteiger partial charge is 0.458 e. The van der Waals surface area contributed by atoms with Crippen LogP contribution in [0.25, 0.3) is 22.3 Å². The number of anilines is 1. The number of unbranched alkanes of at least 4 members (excludes halogenated alkanes) is 1. The second-order valence-corrected chi connectivity index (χ2v) is 24.9. The standard InChI is InChI=1S/C73H92FN9O20/c1-3-73(93)54-42-60-67-52(44-83(60)70(90)53(54)46-102-71(73)91)66-56(17-16-51-47(2)55(74)43-58(79-67)65(51)66)81-72(92)103-45-49-12-14-50(15-13-49)77-68(88)57(11-7-8-22-75)80-69(89)59(41-48-9-5-4-6-10-48)78-62(85)21-25-94-27-29-96-31-33-98-35-37-100-39-40-101-38-36-99-34-32-97-30-28-95-26-23-76-61(84)20-24-82-63(86)18-19-64(82)87/h4-6,9-10,12-15,18-19,42-43,56-57,59,93H,3,7-8,11,16-17,20-41,44-46,75H2,1-2H3,(H,76,84)(H,77,88)(H,78,85)(H,80,89)(H,81,92)/t56-,57-,59-,73-/m0/s1. The number of ether oxygens (including phenoxy) is 10. The first-order valence-corrected chi connectivity index (χ1v) is 34.9. The van der Waals surface area contributed by atoms with Gasteiger partial charge in [0.05, 0.1) is 141 Å². The van der Waals surface area contributed by atoms with Crippen molar-refractivity contribution in [1.82, 2.24) is 35.7 Å². The summed E-state index contributed by atoms with van der Waals surface area (Å²) in [4.78, 5) is 123. The molecule has 7 amide bonds. The lowest BCUT2D eigenvalue weighted by molar-refractivity contribution is -0.172. The predicted molar refractivity (Wildman–Crippen MR) is 370 cm³/mol. The van der Waals surface area contributed by atoms with Crippen LogP contribution in [0.3, 0.4) is 0 Å². The molecule has 103 heavy (non-hydrogen) atoms. The van der Waals surface area contributed by atoms with Crippen LogP contribution in [0.15, 0.2) is 83.7 Å². The molecule has 556 valence electrons. The number of carbonyl (C=O) groups excluding carboxylic acids is 8. The highest BCUT2D eigenvalue weighted by Gasteiger charge is 2.46. The normalized spacial score (nSPS) is 16.2. The Morgan fingerprint density at radius 2 is 1.32 bits per heavy atom.